The molecule has 0 aliphatic carbocycles. The molecule has 1 unspecified atom stereocenters. The summed E-state index contributed by atoms with van der Waals surface area (Å²) in [4.78, 5) is 7.29. The van der Waals surface area contributed by atoms with Gasteiger partial charge in [0.1, 0.15) is 0 Å². The fraction of sp³-hybridized carbons (Fsp3) is 0.611. The Balaban J connectivity index is 1.52. The zero-order valence-corrected chi connectivity index (χ0v) is 12.9. The number of benzene rings is 1. The molecule has 0 spiro atoms. The number of nitrogens with zero attached hydrogens (tertiary/aromatic N) is 2. The predicted molar refractivity (Wildman–Crippen MR) is 88.6 cm³/mol. The summed E-state index contributed by atoms with van der Waals surface area (Å²) < 4.78 is 0. The van der Waals surface area contributed by atoms with Crippen LogP contribution in [-0.4, -0.2) is 36.4 Å². The Morgan fingerprint density at radius 1 is 1.10 bits per heavy atom. The van der Waals surface area contributed by atoms with Crippen LogP contribution in [0.2, 0.25) is 0 Å². The Morgan fingerprint density at radius 3 is 2.90 bits per heavy atom. The highest BCUT2D eigenvalue weighted by atomic mass is 15.2. The van der Waals surface area contributed by atoms with Crippen molar-refractivity contribution in [1.82, 2.24) is 10.2 Å². The van der Waals surface area contributed by atoms with E-state index < -0.39 is 0 Å². The molecule has 1 N–H and O–H groups in total. The van der Waals surface area contributed by atoms with Gasteiger partial charge < -0.3 is 5.32 Å². The molecular formula is C18H27N3. The number of nitrogens with one attached hydrogen (secondary N) is 1. The topological polar surface area (TPSA) is 27.6 Å². The van der Waals surface area contributed by atoms with Crippen molar-refractivity contribution >= 4 is 5.84 Å². The summed E-state index contributed by atoms with van der Waals surface area (Å²) in [5.41, 5.74) is 1.42. The summed E-state index contributed by atoms with van der Waals surface area (Å²) in [6.07, 6.45) is 7.61. The minimum Gasteiger partial charge on any atom is -0.370 e. The van der Waals surface area contributed by atoms with Gasteiger partial charge in [-0.1, -0.05) is 36.8 Å². The molecule has 1 aromatic rings. The van der Waals surface area contributed by atoms with Crippen molar-refractivity contribution in [2.75, 3.05) is 19.6 Å². The van der Waals surface area contributed by atoms with Crippen LogP contribution in [-0.2, 0) is 6.54 Å². The van der Waals surface area contributed by atoms with E-state index in [1.54, 1.807) is 0 Å². The smallest absolute Gasteiger partial charge is 0.0965 e. The molecule has 0 radical (unpaired) electrons. The van der Waals surface area contributed by atoms with Gasteiger partial charge in [0.15, 0.2) is 0 Å². The average Bonchev–Trinajstić information content (AvgIpc) is 2.77. The Hall–Kier alpha value is -1.35. The molecule has 1 atom stereocenters. The quantitative estimate of drug-likeness (QED) is 0.923. The van der Waals surface area contributed by atoms with Crippen molar-refractivity contribution in [3.05, 3.63) is 35.9 Å². The fourth-order valence-corrected chi connectivity index (χ4v) is 3.39. The maximum absolute atomic E-state index is 4.71. The van der Waals surface area contributed by atoms with E-state index >= 15 is 0 Å². The van der Waals surface area contributed by atoms with Crippen LogP contribution >= 0.6 is 0 Å². The van der Waals surface area contributed by atoms with Crippen molar-refractivity contribution in [2.45, 2.75) is 51.1 Å². The zero-order valence-electron chi connectivity index (χ0n) is 12.9. The first-order valence-corrected chi connectivity index (χ1v) is 8.46. The van der Waals surface area contributed by atoms with Crippen LogP contribution in [0.25, 0.3) is 0 Å². The van der Waals surface area contributed by atoms with Gasteiger partial charge in [-0.25, -0.2) is 0 Å². The van der Waals surface area contributed by atoms with E-state index in [0.717, 1.165) is 26.1 Å². The molecule has 0 bridgehead atoms. The number of likely N-dealkylation sites (tertiary alicyclic amines) is 1. The van der Waals surface area contributed by atoms with Gasteiger partial charge in [0, 0.05) is 32.1 Å². The summed E-state index contributed by atoms with van der Waals surface area (Å²) in [6.45, 7) is 4.46. The lowest BCUT2D eigenvalue weighted by Crippen LogP contribution is -2.47. The second-order valence-corrected chi connectivity index (χ2v) is 6.34. The lowest BCUT2D eigenvalue weighted by Gasteiger charge is -2.34. The summed E-state index contributed by atoms with van der Waals surface area (Å²) >= 11 is 0. The SMILES string of the molecule is c1ccc(CN2CCCC(NC3=NCCCCC3)C2)cc1. The normalized spacial score (nSPS) is 24.2. The van der Waals surface area contributed by atoms with Gasteiger partial charge in [-0.15, -0.1) is 0 Å². The molecule has 3 heteroatoms. The van der Waals surface area contributed by atoms with E-state index in [2.05, 4.69) is 40.5 Å². The van der Waals surface area contributed by atoms with E-state index in [0.29, 0.717) is 6.04 Å². The lowest BCUT2D eigenvalue weighted by atomic mass is 10.0. The molecule has 1 fully saturated rings. The van der Waals surface area contributed by atoms with Crippen LogP contribution in [0.4, 0.5) is 0 Å². The fourth-order valence-electron chi connectivity index (χ4n) is 3.39. The second-order valence-electron chi connectivity index (χ2n) is 6.34. The van der Waals surface area contributed by atoms with Gasteiger partial charge in [-0.3, -0.25) is 9.89 Å². The number of rotatable bonds is 3. The molecule has 2 heterocycles. The van der Waals surface area contributed by atoms with Crippen LogP contribution < -0.4 is 5.32 Å². The molecule has 3 nitrogen and oxygen atoms in total. The third kappa shape index (κ3) is 4.57. The highest BCUT2D eigenvalue weighted by Crippen LogP contribution is 2.15. The minimum absolute atomic E-state index is 0.583. The van der Waals surface area contributed by atoms with Crippen LogP contribution in [0.1, 0.15) is 44.1 Å². The molecule has 3 rings (SSSR count). The van der Waals surface area contributed by atoms with Crippen molar-refractivity contribution < 1.29 is 0 Å². The third-order valence-electron chi connectivity index (χ3n) is 4.50. The van der Waals surface area contributed by atoms with E-state index in [1.165, 1.54) is 50.0 Å². The molecule has 0 amide bonds. The molecule has 1 aromatic carbocycles. The van der Waals surface area contributed by atoms with Crippen molar-refractivity contribution in [3.8, 4) is 0 Å². The van der Waals surface area contributed by atoms with Crippen molar-refractivity contribution in [1.29, 1.82) is 0 Å². The maximum Gasteiger partial charge on any atom is 0.0965 e. The van der Waals surface area contributed by atoms with Crippen LogP contribution in [0.15, 0.2) is 35.3 Å². The van der Waals surface area contributed by atoms with Gasteiger partial charge in [0.25, 0.3) is 0 Å². The Bertz CT molecular complexity index is 455. The molecule has 1 saturated heterocycles. The molecule has 0 saturated carbocycles. The first-order chi connectivity index (χ1) is 10.4. The number of aliphatic imine (C=N–C) groups is 1. The van der Waals surface area contributed by atoms with Gasteiger partial charge in [0.05, 0.1) is 5.84 Å². The number of hydrogen-bond donors (Lipinski definition) is 1. The van der Waals surface area contributed by atoms with Gasteiger partial charge in [-0.05, 0) is 37.8 Å². The zero-order chi connectivity index (χ0) is 14.3. The molecular weight excluding hydrogens is 258 g/mol. The van der Waals surface area contributed by atoms with Gasteiger partial charge in [-0.2, -0.15) is 0 Å². The summed E-state index contributed by atoms with van der Waals surface area (Å²) in [7, 11) is 0. The lowest BCUT2D eigenvalue weighted by molar-refractivity contribution is 0.193. The maximum atomic E-state index is 4.71. The summed E-state index contributed by atoms with van der Waals surface area (Å²) in [6, 6.07) is 11.4. The van der Waals surface area contributed by atoms with E-state index in [1.807, 2.05) is 0 Å². The second kappa shape index (κ2) is 7.60. The Morgan fingerprint density at radius 2 is 2.00 bits per heavy atom. The van der Waals surface area contributed by atoms with Crippen LogP contribution in [0, 0.1) is 0 Å². The van der Waals surface area contributed by atoms with E-state index in [9.17, 15) is 0 Å². The van der Waals surface area contributed by atoms with E-state index in [-0.39, 0.29) is 0 Å². The largest absolute Gasteiger partial charge is 0.370 e. The minimum atomic E-state index is 0.583. The van der Waals surface area contributed by atoms with Crippen molar-refractivity contribution in [3.63, 3.8) is 0 Å². The summed E-state index contributed by atoms with van der Waals surface area (Å²) in [5.74, 6) is 1.26. The molecule has 21 heavy (non-hydrogen) atoms. The number of hydrogen-bond acceptors (Lipinski definition) is 3. The standard InChI is InChI=1S/C18H27N3/c1-3-8-16(9-4-1)14-21-13-7-10-17(15-21)20-18-11-5-2-6-12-19-18/h1,3-4,8-9,17H,2,5-7,10-15H2,(H,19,20). The average molecular weight is 285 g/mol. The monoisotopic (exact) mass is 285 g/mol. The Labute approximate surface area is 128 Å². The Kier molecular flexibility index (Phi) is 5.28. The third-order valence-corrected chi connectivity index (χ3v) is 4.50. The molecule has 2 aliphatic rings. The highest BCUT2D eigenvalue weighted by molar-refractivity contribution is 5.82. The summed E-state index contributed by atoms with van der Waals surface area (Å²) in [5, 5.41) is 3.72. The van der Waals surface area contributed by atoms with Gasteiger partial charge >= 0.3 is 0 Å². The first kappa shape index (κ1) is 14.6. The number of amidine groups is 1. The van der Waals surface area contributed by atoms with Crippen LogP contribution in [0.5, 0.6) is 0 Å². The molecule has 0 aromatic heterocycles. The van der Waals surface area contributed by atoms with E-state index in [4.69, 9.17) is 4.99 Å². The highest BCUT2D eigenvalue weighted by Gasteiger charge is 2.20. The molecule has 2 aliphatic heterocycles. The predicted octanol–water partition coefficient (Wildman–Crippen LogP) is 3.21. The van der Waals surface area contributed by atoms with Gasteiger partial charge in [0.2, 0.25) is 0 Å². The van der Waals surface area contributed by atoms with Crippen LogP contribution in [0.3, 0.4) is 0 Å². The van der Waals surface area contributed by atoms with Crippen molar-refractivity contribution in [2.24, 2.45) is 4.99 Å². The number of piperidine rings is 1. The first-order valence-electron chi connectivity index (χ1n) is 8.46. The molecule has 114 valence electrons.